The third-order valence-electron chi connectivity index (χ3n) is 2.76. The molecular formula is C12H21N3O3. The van der Waals surface area contributed by atoms with Crippen LogP contribution >= 0.6 is 0 Å². The number of methoxy groups -OCH3 is 1. The molecule has 0 aliphatic carbocycles. The highest BCUT2D eigenvalue weighted by Gasteiger charge is 2.18. The normalized spacial score (nSPS) is 10.9. The second kappa shape index (κ2) is 6.39. The summed E-state index contributed by atoms with van der Waals surface area (Å²) in [4.78, 5) is 12.7. The molecule has 0 atom stereocenters. The molecule has 6 nitrogen and oxygen atoms in total. The molecule has 0 radical (unpaired) electrons. The van der Waals surface area contributed by atoms with Gasteiger partial charge in [-0.15, -0.1) is 0 Å². The Morgan fingerprint density at radius 1 is 1.56 bits per heavy atom. The van der Waals surface area contributed by atoms with Crippen molar-refractivity contribution in [2.75, 3.05) is 20.2 Å². The van der Waals surface area contributed by atoms with Crippen LogP contribution in [0, 0.1) is 6.92 Å². The number of aryl methyl sites for hydroxylation is 2. The SMILES string of the molecule is CCCN(CC(=O)O)Cc1c(C)nn(C)c1OC. The van der Waals surface area contributed by atoms with Gasteiger partial charge in [0, 0.05) is 13.6 Å². The average molecular weight is 255 g/mol. The van der Waals surface area contributed by atoms with Crippen molar-refractivity contribution in [1.82, 2.24) is 14.7 Å². The van der Waals surface area contributed by atoms with Gasteiger partial charge in [0.15, 0.2) is 0 Å². The van der Waals surface area contributed by atoms with Crippen LogP contribution in [-0.4, -0.2) is 46.0 Å². The van der Waals surface area contributed by atoms with E-state index in [9.17, 15) is 4.79 Å². The van der Waals surface area contributed by atoms with E-state index >= 15 is 0 Å². The van der Waals surface area contributed by atoms with Crippen LogP contribution in [0.4, 0.5) is 0 Å². The highest BCUT2D eigenvalue weighted by molar-refractivity contribution is 5.69. The maximum atomic E-state index is 10.8. The number of carbonyl (C=O) groups is 1. The molecule has 0 bridgehead atoms. The van der Waals surface area contributed by atoms with E-state index < -0.39 is 5.97 Å². The van der Waals surface area contributed by atoms with E-state index in [1.165, 1.54) is 0 Å². The quantitative estimate of drug-likeness (QED) is 0.788. The van der Waals surface area contributed by atoms with E-state index in [2.05, 4.69) is 5.10 Å². The fourth-order valence-corrected chi connectivity index (χ4v) is 2.06. The molecule has 1 aromatic heterocycles. The fraction of sp³-hybridized carbons (Fsp3) is 0.667. The summed E-state index contributed by atoms with van der Waals surface area (Å²) in [6.45, 7) is 5.25. The molecule has 1 aromatic rings. The van der Waals surface area contributed by atoms with Crippen molar-refractivity contribution >= 4 is 5.97 Å². The first-order valence-corrected chi connectivity index (χ1v) is 6.00. The Balaban J connectivity index is 2.88. The molecule has 6 heteroatoms. The summed E-state index contributed by atoms with van der Waals surface area (Å²) in [6.07, 6.45) is 0.912. The molecule has 0 saturated carbocycles. The zero-order valence-corrected chi connectivity index (χ0v) is 11.4. The van der Waals surface area contributed by atoms with Gasteiger partial charge in [-0.2, -0.15) is 5.10 Å². The third kappa shape index (κ3) is 3.46. The Bertz CT molecular complexity index is 415. The van der Waals surface area contributed by atoms with Crippen LogP contribution in [0.3, 0.4) is 0 Å². The first kappa shape index (κ1) is 14.5. The lowest BCUT2D eigenvalue weighted by Crippen LogP contribution is -2.30. The van der Waals surface area contributed by atoms with Gasteiger partial charge in [-0.25, -0.2) is 4.68 Å². The van der Waals surface area contributed by atoms with Crippen molar-refractivity contribution in [3.05, 3.63) is 11.3 Å². The second-order valence-corrected chi connectivity index (χ2v) is 4.30. The van der Waals surface area contributed by atoms with Crippen LogP contribution in [0.1, 0.15) is 24.6 Å². The van der Waals surface area contributed by atoms with Gasteiger partial charge in [-0.05, 0) is 19.9 Å². The predicted octanol–water partition coefficient (Wildman–Crippen LogP) is 1.03. The zero-order chi connectivity index (χ0) is 13.7. The molecule has 0 saturated heterocycles. The lowest BCUT2D eigenvalue weighted by Gasteiger charge is -2.19. The maximum absolute atomic E-state index is 10.8. The Hall–Kier alpha value is -1.56. The molecule has 1 rings (SSSR count). The number of rotatable bonds is 7. The highest BCUT2D eigenvalue weighted by Crippen LogP contribution is 2.22. The fourth-order valence-electron chi connectivity index (χ4n) is 2.06. The molecule has 0 amide bonds. The number of aliphatic carboxylic acids is 1. The van der Waals surface area contributed by atoms with Crippen molar-refractivity contribution in [1.29, 1.82) is 0 Å². The molecule has 0 aromatic carbocycles. The zero-order valence-electron chi connectivity index (χ0n) is 11.4. The van der Waals surface area contributed by atoms with Crippen LogP contribution in [0.5, 0.6) is 5.88 Å². The third-order valence-corrected chi connectivity index (χ3v) is 2.76. The van der Waals surface area contributed by atoms with E-state index in [4.69, 9.17) is 9.84 Å². The van der Waals surface area contributed by atoms with Crippen molar-refractivity contribution in [3.8, 4) is 5.88 Å². The number of aromatic nitrogens is 2. The Labute approximate surface area is 107 Å². The second-order valence-electron chi connectivity index (χ2n) is 4.30. The van der Waals surface area contributed by atoms with E-state index in [1.54, 1.807) is 11.8 Å². The molecule has 1 N–H and O–H groups in total. The minimum absolute atomic E-state index is 0.0331. The van der Waals surface area contributed by atoms with Gasteiger partial charge >= 0.3 is 5.97 Å². The topological polar surface area (TPSA) is 67.6 Å². The Morgan fingerprint density at radius 2 is 2.22 bits per heavy atom. The molecule has 18 heavy (non-hydrogen) atoms. The predicted molar refractivity (Wildman–Crippen MR) is 67.7 cm³/mol. The summed E-state index contributed by atoms with van der Waals surface area (Å²) < 4.78 is 6.98. The van der Waals surface area contributed by atoms with Crippen LogP contribution in [-0.2, 0) is 18.4 Å². The van der Waals surface area contributed by atoms with Gasteiger partial charge in [0.2, 0.25) is 5.88 Å². The van der Waals surface area contributed by atoms with Gasteiger partial charge in [0.25, 0.3) is 0 Å². The van der Waals surface area contributed by atoms with Crippen molar-refractivity contribution in [2.24, 2.45) is 7.05 Å². The summed E-state index contributed by atoms with van der Waals surface area (Å²) in [7, 11) is 3.41. The van der Waals surface area contributed by atoms with Crippen molar-refractivity contribution < 1.29 is 14.6 Å². The van der Waals surface area contributed by atoms with Crippen LogP contribution in [0.15, 0.2) is 0 Å². The minimum atomic E-state index is -0.816. The van der Waals surface area contributed by atoms with Gasteiger partial charge in [0.1, 0.15) is 0 Å². The summed E-state index contributed by atoms with van der Waals surface area (Å²) in [6, 6.07) is 0. The highest BCUT2D eigenvalue weighted by atomic mass is 16.5. The Morgan fingerprint density at radius 3 is 2.72 bits per heavy atom. The first-order valence-electron chi connectivity index (χ1n) is 6.00. The lowest BCUT2D eigenvalue weighted by atomic mass is 10.2. The molecule has 0 fully saturated rings. The van der Waals surface area contributed by atoms with Crippen molar-refractivity contribution in [2.45, 2.75) is 26.8 Å². The standard InChI is InChI=1S/C12H21N3O3/c1-5-6-15(8-11(16)17)7-10-9(2)13-14(3)12(10)18-4/h5-8H2,1-4H3,(H,16,17). The Kier molecular flexibility index (Phi) is 5.15. The van der Waals surface area contributed by atoms with Gasteiger partial charge < -0.3 is 9.84 Å². The van der Waals surface area contributed by atoms with Gasteiger partial charge in [-0.3, -0.25) is 9.69 Å². The molecule has 0 aliphatic heterocycles. The largest absolute Gasteiger partial charge is 0.481 e. The molecule has 0 spiro atoms. The number of nitrogens with zero attached hydrogens (tertiary/aromatic N) is 3. The molecule has 1 heterocycles. The van der Waals surface area contributed by atoms with Crippen LogP contribution in [0.25, 0.3) is 0 Å². The number of carboxylic acids is 1. The van der Waals surface area contributed by atoms with E-state index in [-0.39, 0.29) is 6.54 Å². The van der Waals surface area contributed by atoms with Gasteiger partial charge in [-0.1, -0.05) is 6.92 Å². The minimum Gasteiger partial charge on any atom is -0.481 e. The number of carboxylic acid groups (broad SMARTS) is 1. The monoisotopic (exact) mass is 255 g/mol. The summed E-state index contributed by atoms with van der Waals surface area (Å²) in [5.41, 5.74) is 1.83. The molecule has 102 valence electrons. The van der Waals surface area contributed by atoms with E-state index in [0.717, 1.165) is 24.2 Å². The van der Waals surface area contributed by atoms with Crippen molar-refractivity contribution in [3.63, 3.8) is 0 Å². The average Bonchev–Trinajstić information content (AvgIpc) is 2.53. The lowest BCUT2D eigenvalue weighted by molar-refractivity contribution is -0.138. The summed E-state index contributed by atoms with van der Waals surface area (Å²) >= 11 is 0. The molecule has 0 aliphatic rings. The molecule has 0 unspecified atom stereocenters. The summed E-state index contributed by atoms with van der Waals surface area (Å²) in [5.74, 6) is -0.122. The summed E-state index contributed by atoms with van der Waals surface area (Å²) in [5, 5.41) is 13.2. The van der Waals surface area contributed by atoms with Crippen LogP contribution < -0.4 is 4.74 Å². The number of hydrogen-bond acceptors (Lipinski definition) is 4. The van der Waals surface area contributed by atoms with E-state index in [1.807, 2.05) is 25.8 Å². The first-order chi connectivity index (χ1) is 8.49. The number of hydrogen-bond donors (Lipinski definition) is 1. The van der Waals surface area contributed by atoms with Crippen LogP contribution in [0.2, 0.25) is 0 Å². The smallest absolute Gasteiger partial charge is 0.317 e. The molecular weight excluding hydrogens is 234 g/mol. The van der Waals surface area contributed by atoms with Gasteiger partial charge in [0.05, 0.1) is 24.9 Å². The maximum Gasteiger partial charge on any atom is 0.317 e. The number of ether oxygens (including phenoxy) is 1. The van der Waals surface area contributed by atoms with E-state index in [0.29, 0.717) is 12.4 Å².